The Morgan fingerprint density at radius 1 is 0.968 bits per heavy atom. The standard InChI is InChI=1S/C24H15BrN2O3S/c25-16-11-12-17-18(13-16)31-24(26-17)27-20(14-7-3-1-4-8-14)19(22(29)23(27)30)21(28)15-9-5-2-6-10-15/h1-13,20,28H. The van der Waals surface area contributed by atoms with E-state index in [1.54, 1.807) is 24.3 Å². The second-order valence-electron chi connectivity index (χ2n) is 7.05. The van der Waals surface area contributed by atoms with E-state index in [0.717, 1.165) is 20.3 Å². The molecule has 3 aromatic carbocycles. The number of Topliss-reactive ketones (excluding diaryl/α,β-unsaturated/α-hetero) is 1. The normalized spacial score (nSPS) is 18.1. The smallest absolute Gasteiger partial charge is 0.301 e. The molecular formula is C24H15BrN2O3S. The van der Waals surface area contributed by atoms with E-state index in [1.807, 2.05) is 54.6 Å². The number of carbonyl (C=O) groups is 2. The van der Waals surface area contributed by atoms with E-state index < -0.39 is 17.7 Å². The van der Waals surface area contributed by atoms with E-state index >= 15 is 0 Å². The van der Waals surface area contributed by atoms with Gasteiger partial charge in [0.15, 0.2) is 5.13 Å². The monoisotopic (exact) mass is 490 g/mol. The summed E-state index contributed by atoms with van der Waals surface area (Å²) in [4.78, 5) is 32.3. The average Bonchev–Trinajstić information content (AvgIpc) is 3.32. The van der Waals surface area contributed by atoms with E-state index in [0.29, 0.717) is 10.7 Å². The second kappa shape index (κ2) is 7.76. The van der Waals surface area contributed by atoms with E-state index in [-0.39, 0.29) is 11.3 Å². The third-order valence-corrected chi connectivity index (χ3v) is 6.66. The van der Waals surface area contributed by atoms with Gasteiger partial charge in [-0.3, -0.25) is 14.5 Å². The minimum atomic E-state index is -0.773. The summed E-state index contributed by atoms with van der Waals surface area (Å²) in [5.74, 6) is -1.63. The van der Waals surface area contributed by atoms with Crippen molar-refractivity contribution in [2.75, 3.05) is 4.90 Å². The Bertz CT molecular complexity index is 1350. The Kier molecular flexibility index (Phi) is 4.92. The van der Waals surface area contributed by atoms with E-state index in [4.69, 9.17) is 0 Å². The molecule has 1 fully saturated rings. The molecule has 1 aliphatic rings. The number of thiazole rings is 1. The van der Waals surface area contributed by atoms with Crippen LogP contribution in [-0.4, -0.2) is 21.8 Å². The molecule has 1 atom stereocenters. The maximum Gasteiger partial charge on any atom is 0.301 e. The maximum atomic E-state index is 13.2. The first-order chi connectivity index (χ1) is 15.0. The highest BCUT2D eigenvalue weighted by Gasteiger charge is 2.48. The van der Waals surface area contributed by atoms with Gasteiger partial charge in [-0.05, 0) is 23.8 Å². The quantitative estimate of drug-likeness (QED) is 0.227. The van der Waals surface area contributed by atoms with Gasteiger partial charge in [0.25, 0.3) is 5.78 Å². The van der Waals surface area contributed by atoms with Crippen LogP contribution in [0.3, 0.4) is 0 Å². The molecule has 31 heavy (non-hydrogen) atoms. The number of aromatic nitrogens is 1. The topological polar surface area (TPSA) is 70.5 Å². The number of rotatable bonds is 3. The summed E-state index contributed by atoms with van der Waals surface area (Å²) in [7, 11) is 0. The fourth-order valence-corrected chi connectivity index (χ4v) is 5.27. The number of anilines is 1. The first-order valence-corrected chi connectivity index (χ1v) is 11.1. The van der Waals surface area contributed by atoms with Gasteiger partial charge in [-0.1, -0.05) is 87.9 Å². The molecule has 5 rings (SSSR count). The van der Waals surface area contributed by atoms with Crippen LogP contribution >= 0.6 is 27.3 Å². The van der Waals surface area contributed by atoms with Crippen molar-refractivity contribution in [1.82, 2.24) is 4.98 Å². The van der Waals surface area contributed by atoms with Gasteiger partial charge in [0.05, 0.1) is 21.8 Å². The average molecular weight is 491 g/mol. The Hall–Kier alpha value is -3.29. The zero-order valence-corrected chi connectivity index (χ0v) is 18.4. The molecular weight excluding hydrogens is 476 g/mol. The largest absolute Gasteiger partial charge is 0.507 e. The molecule has 0 radical (unpaired) electrons. The molecule has 0 spiro atoms. The minimum Gasteiger partial charge on any atom is -0.507 e. The third-order valence-electron chi connectivity index (χ3n) is 5.15. The molecule has 4 aromatic rings. The summed E-state index contributed by atoms with van der Waals surface area (Å²) in [6.07, 6.45) is 0. The Labute approximate surface area is 190 Å². The van der Waals surface area contributed by atoms with Gasteiger partial charge in [-0.15, -0.1) is 0 Å². The number of hydrogen-bond acceptors (Lipinski definition) is 5. The van der Waals surface area contributed by atoms with Crippen molar-refractivity contribution in [1.29, 1.82) is 0 Å². The lowest BCUT2D eigenvalue weighted by Crippen LogP contribution is -2.29. The minimum absolute atomic E-state index is 0.0582. The third kappa shape index (κ3) is 3.36. The molecule has 2 heterocycles. The number of benzene rings is 3. The van der Waals surface area contributed by atoms with Gasteiger partial charge < -0.3 is 5.11 Å². The van der Waals surface area contributed by atoms with Gasteiger partial charge in [0.1, 0.15) is 5.76 Å². The predicted molar refractivity (Wildman–Crippen MR) is 125 cm³/mol. The lowest BCUT2D eigenvalue weighted by atomic mass is 9.95. The number of amides is 1. The van der Waals surface area contributed by atoms with Crippen molar-refractivity contribution in [2.45, 2.75) is 6.04 Å². The van der Waals surface area contributed by atoms with Crippen molar-refractivity contribution < 1.29 is 14.7 Å². The zero-order valence-electron chi connectivity index (χ0n) is 16.0. The van der Waals surface area contributed by atoms with Crippen molar-refractivity contribution in [3.63, 3.8) is 0 Å². The molecule has 5 nitrogen and oxygen atoms in total. The van der Waals surface area contributed by atoms with Gasteiger partial charge in [0, 0.05) is 10.0 Å². The predicted octanol–water partition coefficient (Wildman–Crippen LogP) is 5.69. The van der Waals surface area contributed by atoms with Crippen LogP contribution in [0.25, 0.3) is 16.0 Å². The van der Waals surface area contributed by atoms with E-state index in [2.05, 4.69) is 20.9 Å². The zero-order chi connectivity index (χ0) is 21.5. The van der Waals surface area contributed by atoms with Crippen LogP contribution in [-0.2, 0) is 9.59 Å². The molecule has 1 unspecified atom stereocenters. The number of aliphatic hydroxyl groups excluding tert-OH is 1. The Morgan fingerprint density at radius 2 is 1.65 bits per heavy atom. The maximum absolute atomic E-state index is 13.2. The highest BCUT2D eigenvalue weighted by atomic mass is 79.9. The molecule has 1 N–H and O–H groups in total. The lowest BCUT2D eigenvalue weighted by molar-refractivity contribution is -0.132. The summed E-state index contributed by atoms with van der Waals surface area (Å²) < 4.78 is 1.79. The Morgan fingerprint density at radius 3 is 2.35 bits per heavy atom. The lowest BCUT2D eigenvalue weighted by Gasteiger charge is -2.22. The van der Waals surface area contributed by atoms with Crippen LogP contribution in [0.5, 0.6) is 0 Å². The summed E-state index contributed by atoms with van der Waals surface area (Å²) in [6, 6.07) is 22.9. The van der Waals surface area contributed by atoms with Crippen LogP contribution in [0, 0.1) is 0 Å². The van der Waals surface area contributed by atoms with Gasteiger partial charge in [0.2, 0.25) is 0 Å². The van der Waals surface area contributed by atoms with E-state index in [9.17, 15) is 14.7 Å². The molecule has 1 aliphatic heterocycles. The molecule has 7 heteroatoms. The summed E-state index contributed by atoms with van der Waals surface area (Å²) in [5, 5.41) is 11.5. The molecule has 152 valence electrons. The van der Waals surface area contributed by atoms with Crippen LogP contribution < -0.4 is 4.90 Å². The fourth-order valence-electron chi connectivity index (χ4n) is 3.72. The van der Waals surface area contributed by atoms with Crippen LogP contribution in [0.4, 0.5) is 5.13 Å². The SMILES string of the molecule is O=C1C(=O)N(c2nc3ccc(Br)cc3s2)C(c2ccccc2)C1=C(O)c1ccccc1. The Balaban J connectivity index is 1.73. The molecule has 0 aliphatic carbocycles. The number of ketones is 1. The summed E-state index contributed by atoms with van der Waals surface area (Å²) in [6.45, 7) is 0. The van der Waals surface area contributed by atoms with Crippen molar-refractivity contribution in [3.05, 3.63) is 100 Å². The van der Waals surface area contributed by atoms with Crippen LogP contribution in [0.1, 0.15) is 17.2 Å². The molecule has 1 amide bonds. The van der Waals surface area contributed by atoms with E-state index in [1.165, 1.54) is 16.2 Å². The second-order valence-corrected chi connectivity index (χ2v) is 8.98. The van der Waals surface area contributed by atoms with Crippen LogP contribution in [0.2, 0.25) is 0 Å². The number of hydrogen-bond donors (Lipinski definition) is 1. The molecule has 1 aromatic heterocycles. The number of aliphatic hydroxyl groups is 1. The first-order valence-electron chi connectivity index (χ1n) is 9.52. The molecule has 0 bridgehead atoms. The molecule has 1 saturated heterocycles. The number of carbonyl (C=O) groups excluding carboxylic acids is 2. The summed E-state index contributed by atoms with van der Waals surface area (Å²) in [5.41, 5.74) is 2.00. The molecule has 0 saturated carbocycles. The van der Waals surface area contributed by atoms with Gasteiger partial charge in [-0.25, -0.2) is 4.98 Å². The first kappa shape index (κ1) is 19.7. The summed E-state index contributed by atoms with van der Waals surface area (Å²) >= 11 is 4.78. The highest BCUT2D eigenvalue weighted by molar-refractivity contribution is 9.10. The number of nitrogens with zero attached hydrogens (tertiary/aromatic N) is 2. The van der Waals surface area contributed by atoms with Crippen LogP contribution in [0.15, 0.2) is 88.9 Å². The fraction of sp³-hybridized carbons (Fsp3) is 0.0417. The van der Waals surface area contributed by atoms with Gasteiger partial charge >= 0.3 is 5.91 Å². The van der Waals surface area contributed by atoms with Crippen molar-refractivity contribution >= 4 is 60.1 Å². The van der Waals surface area contributed by atoms with Gasteiger partial charge in [-0.2, -0.15) is 0 Å². The number of fused-ring (bicyclic) bond motifs is 1. The highest BCUT2D eigenvalue weighted by Crippen LogP contribution is 2.44. The number of halogens is 1. The van der Waals surface area contributed by atoms with Crippen molar-refractivity contribution in [2.24, 2.45) is 0 Å². The van der Waals surface area contributed by atoms with Crippen molar-refractivity contribution in [3.8, 4) is 0 Å².